The van der Waals surface area contributed by atoms with E-state index in [-0.39, 0.29) is 36.1 Å². The number of rotatable bonds is 3. The van der Waals surface area contributed by atoms with E-state index in [0.717, 1.165) is 0 Å². The van der Waals surface area contributed by atoms with Gasteiger partial charge in [0, 0.05) is 10.8 Å². The fourth-order valence-electron chi connectivity index (χ4n) is 1.96. The number of nitrogen functional groups attached to an aromatic ring is 1. The van der Waals surface area contributed by atoms with Crippen LogP contribution < -0.4 is 11.3 Å². The van der Waals surface area contributed by atoms with Crippen molar-refractivity contribution in [1.29, 1.82) is 0 Å². The van der Waals surface area contributed by atoms with Gasteiger partial charge in [-0.3, -0.25) is 9.59 Å². The van der Waals surface area contributed by atoms with Crippen LogP contribution in [-0.2, 0) is 0 Å². The van der Waals surface area contributed by atoms with E-state index in [2.05, 4.69) is 4.98 Å². The molecule has 0 fully saturated rings. The summed E-state index contributed by atoms with van der Waals surface area (Å²) in [7, 11) is 3.62. The molecule has 0 aliphatic rings. The third-order valence-corrected chi connectivity index (χ3v) is 2.70. The number of carbonyl (C=O) groups excluding carboxylic acids is 1. The molecule has 0 unspecified atom stereocenters. The van der Waals surface area contributed by atoms with Gasteiger partial charge in [-0.25, -0.2) is 0 Å². The minimum absolute atomic E-state index is 0. The van der Waals surface area contributed by atoms with Gasteiger partial charge in [-0.1, -0.05) is 18.2 Å². The topological polar surface area (TPSA) is 79.2 Å². The molecule has 0 aliphatic heterocycles. The molecule has 0 amide bonds. The Morgan fingerprint density at radius 1 is 1.26 bits per heavy atom. The van der Waals surface area contributed by atoms with Crippen molar-refractivity contribution in [2.45, 2.75) is 0 Å². The van der Waals surface area contributed by atoms with Gasteiger partial charge in [-0.05, 0) is 20.2 Å². The van der Waals surface area contributed by atoms with Crippen LogP contribution in [0.25, 0.3) is 10.8 Å². The number of halogens is 1. The summed E-state index contributed by atoms with van der Waals surface area (Å²) < 4.78 is 0. The minimum atomic E-state index is -0.274. The number of nitrogens with two attached hydrogens (primary N) is 1. The number of likely N-dealkylation sites (N-methyl/N-ethyl adjacent to an activating group) is 1. The van der Waals surface area contributed by atoms with E-state index in [1.165, 1.54) is 0 Å². The molecule has 0 atom stereocenters. The number of pyridine rings is 1. The van der Waals surface area contributed by atoms with E-state index in [1.807, 2.05) is 14.1 Å². The number of hydrogen-bond donors (Lipinski definition) is 2. The highest BCUT2D eigenvalue weighted by molar-refractivity contribution is 6.12. The molecule has 102 valence electrons. The summed E-state index contributed by atoms with van der Waals surface area (Å²) in [5.74, 6) is 0.0236. The predicted octanol–water partition coefficient (Wildman–Crippen LogP) is 1.28. The molecule has 0 saturated heterocycles. The molecule has 5 nitrogen and oxygen atoms in total. The van der Waals surface area contributed by atoms with E-state index >= 15 is 0 Å². The summed E-state index contributed by atoms with van der Waals surface area (Å²) in [6, 6.07) is 6.96. The van der Waals surface area contributed by atoms with E-state index in [9.17, 15) is 9.59 Å². The quantitative estimate of drug-likeness (QED) is 0.831. The molecule has 0 saturated carbocycles. The third-order valence-electron chi connectivity index (χ3n) is 2.70. The van der Waals surface area contributed by atoms with E-state index in [1.54, 1.807) is 29.2 Å². The Bertz CT molecular complexity index is 664. The van der Waals surface area contributed by atoms with Crippen molar-refractivity contribution in [2.24, 2.45) is 0 Å². The van der Waals surface area contributed by atoms with Crippen molar-refractivity contribution in [3.63, 3.8) is 0 Å². The van der Waals surface area contributed by atoms with Crippen LogP contribution in [0.3, 0.4) is 0 Å². The second kappa shape index (κ2) is 5.86. The Morgan fingerprint density at radius 2 is 1.84 bits per heavy atom. The Labute approximate surface area is 116 Å². The molecule has 0 aliphatic carbocycles. The maximum atomic E-state index is 12.2. The second-order valence-corrected chi connectivity index (χ2v) is 4.45. The molecule has 1 aromatic carbocycles. The molecule has 0 radical (unpaired) electrons. The third kappa shape index (κ3) is 2.94. The number of aromatic nitrogens is 1. The summed E-state index contributed by atoms with van der Waals surface area (Å²) in [4.78, 5) is 28.2. The van der Waals surface area contributed by atoms with Crippen LogP contribution in [0.2, 0.25) is 0 Å². The average molecular weight is 282 g/mol. The van der Waals surface area contributed by atoms with Gasteiger partial charge in [0.1, 0.15) is 5.82 Å². The first kappa shape index (κ1) is 15.2. The molecule has 2 aromatic rings. The number of H-pyrrole nitrogens is 1. The second-order valence-electron chi connectivity index (χ2n) is 4.45. The molecule has 1 aromatic heterocycles. The van der Waals surface area contributed by atoms with Gasteiger partial charge < -0.3 is 15.6 Å². The van der Waals surface area contributed by atoms with Crippen molar-refractivity contribution in [3.05, 3.63) is 40.2 Å². The molecule has 6 heteroatoms. The number of nitrogens with one attached hydrogen (secondary N) is 1. The lowest BCUT2D eigenvalue weighted by atomic mass is 10.0. The van der Waals surface area contributed by atoms with Crippen molar-refractivity contribution in [2.75, 3.05) is 26.4 Å². The summed E-state index contributed by atoms with van der Waals surface area (Å²) in [6.07, 6.45) is 0. The molecule has 0 spiro atoms. The van der Waals surface area contributed by atoms with Crippen molar-refractivity contribution < 1.29 is 4.79 Å². The number of benzene rings is 1. The SMILES string of the molecule is CN(C)CC(=O)c1c(N)[nH]c(=O)c2ccccc12.Cl. The highest BCUT2D eigenvalue weighted by Gasteiger charge is 2.16. The van der Waals surface area contributed by atoms with Crippen molar-refractivity contribution in [3.8, 4) is 0 Å². The zero-order chi connectivity index (χ0) is 13.3. The molecular weight excluding hydrogens is 266 g/mol. The number of anilines is 1. The first-order valence-electron chi connectivity index (χ1n) is 5.59. The van der Waals surface area contributed by atoms with Crippen molar-refractivity contribution in [1.82, 2.24) is 9.88 Å². The minimum Gasteiger partial charge on any atom is -0.385 e. The summed E-state index contributed by atoms with van der Waals surface area (Å²) in [5.41, 5.74) is 5.88. The Kier molecular flexibility index (Phi) is 4.69. The molecule has 2 rings (SSSR count). The number of nitrogens with zero attached hydrogens (tertiary/aromatic N) is 1. The highest BCUT2D eigenvalue weighted by atomic mass is 35.5. The summed E-state index contributed by atoms with van der Waals surface area (Å²) >= 11 is 0. The monoisotopic (exact) mass is 281 g/mol. The van der Waals surface area contributed by atoms with Crippen LogP contribution in [0.4, 0.5) is 5.82 Å². The largest absolute Gasteiger partial charge is 0.385 e. The Morgan fingerprint density at radius 3 is 2.42 bits per heavy atom. The fourth-order valence-corrected chi connectivity index (χ4v) is 1.96. The zero-order valence-electron chi connectivity index (χ0n) is 10.8. The summed E-state index contributed by atoms with van der Waals surface area (Å²) in [6.45, 7) is 0.250. The number of fused-ring (bicyclic) bond motifs is 1. The summed E-state index contributed by atoms with van der Waals surface area (Å²) in [5, 5.41) is 1.08. The smallest absolute Gasteiger partial charge is 0.257 e. The molecule has 19 heavy (non-hydrogen) atoms. The average Bonchev–Trinajstić information content (AvgIpc) is 2.28. The van der Waals surface area contributed by atoms with Crippen molar-refractivity contribution >= 4 is 34.8 Å². The van der Waals surface area contributed by atoms with Crippen LogP contribution in [0, 0.1) is 0 Å². The maximum Gasteiger partial charge on any atom is 0.257 e. The molecule has 3 N–H and O–H groups in total. The first-order chi connectivity index (χ1) is 8.50. The van der Waals surface area contributed by atoms with E-state index < -0.39 is 0 Å². The predicted molar refractivity (Wildman–Crippen MR) is 79.1 cm³/mol. The van der Waals surface area contributed by atoms with Crippen LogP contribution in [-0.4, -0.2) is 36.3 Å². The lowest BCUT2D eigenvalue weighted by Crippen LogP contribution is -2.24. The number of Topliss-reactive ketones (excluding diaryl/α,β-unsaturated/α-hetero) is 1. The fraction of sp³-hybridized carbons (Fsp3) is 0.231. The first-order valence-corrected chi connectivity index (χ1v) is 5.59. The van der Waals surface area contributed by atoms with Crippen LogP contribution >= 0.6 is 12.4 Å². The number of aromatic amines is 1. The maximum absolute atomic E-state index is 12.2. The van der Waals surface area contributed by atoms with Gasteiger partial charge >= 0.3 is 0 Å². The molecular formula is C13H16ClN3O2. The standard InChI is InChI=1S/C13H15N3O2.ClH/c1-16(2)7-10(17)11-8-5-3-4-6-9(8)13(18)15-12(11)14;/h3-6H,7H2,1-2H3,(H3,14,15,18);1H. The number of hydrogen-bond acceptors (Lipinski definition) is 4. The zero-order valence-corrected chi connectivity index (χ0v) is 11.6. The van der Waals surface area contributed by atoms with Crippen LogP contribution in [0.15, 0.2) is 29.1 Å². The van der Waals surface area contributed by atoms with Gasteiger partial charge in [0.2, 0.25) is 0 Å². The molecule has 0 bridgehead atoms. The Balaban J connectivity index is 0.00000180. The van der Waals surface area contributed by atoms with E-state index in [0.29, 0.717) is 16.3 Å². The normalized spacial score (nSPS) is 10.5. The van der Waals surface area contributed by atoms with E-state index in [4.69, 9.17) is 5.73 Å². The van der Waals surface area contributed by atoms with Gasteiger partial charge in [0.25, 0.3) is 5.56 Å². The van der Waals surface area contributed by atoms with Crippen LogP contribution in [0.1, 0.15) is 10.4 Å². The van der Waals surface area contributed by atoms with Crippen LogP contribution in [0.5, 0.6) is 0 Å². The number of carbonyl (C=O) groups is 1. The lowest BCUT2D eigenvalue weighted by molar-refractivity contribution is 0.0960. The lowest BCUT2D eigenvalue weighted by Gasteiger charge is -2.12. The number of ketones is 1. The molecule has 1 heterocycles. The van der Waals surface area contributed by atoms with Gasteiger partial charge in [0.15, 0.2) is 5.78 Å². The highest BCUT2D eigenvalue weighted by Crippen LogP contribution is 2.20. The van der Waals surface area contributed by atoms with Gasteiger partial charge in [0.05, 0.1) is 12.1 Å². The Hall–Kier alpha value is -1.85. The van der Waals surface area contributed by atoms with Gasteiger partial charge in [-0.2, -0.15) is 0 Å². The van der Waals surface area contributed by atoms with Gasteiger partial charge in [-0.15, -0.1) is 12.4 Å².